The lowest BCUT2D eigenvalue weighted by molar-refractivity contribution is 0.0951. The molecule has 142 valence electrons. The Kier molecular flexibility index (Phi) is 4.70. The van der Waals surface area contributed by atoms with Crippen LogP contribution in [0.4, 0.5) is 4.39 Å². The standard InChI is InChI=1S/C20H23FN4O2/c1-22-20(26)17-8-7-15(24(17)2)16-5-3-4-10-25(16)12-19-23-14-11-13(21)6-9-18(14)27-19/h6-9,11,16H,3-5,10,12H2,1-2H3,(H,22,26)/t16-/m0/s1. The average Bonchev–Trinajstić information content (AvgIpc) is 3.24. The molecule has 1 fully saturated rings. The number of fused-ring (bicyclic) bond motifs is 1. The first-order valence-electron chi connectivity index (χ1n) is 9.23. The van der Waals surface area contributed by atoms with Gasteiger partial charge in [0.2, 0.25) is 5.89 Å². The van der Waals surface area contributed by atoms with E-state index in [-0.39, 0.29) is 17.8 Å². The Hall–Kier alpha value is -2.67. The van der Waals surface area contributed by atoms with Crippen molar-refractivity contribution in [2.45, 2.75) is 31.8 Å². The number of piperidine rings is 1. The minimum Gasteiger partial charge on any atom is -0.439 e. The van der Waals surface area contributed by atoms with Gasteiger partial charge in [-0.05, 0) is 43.7 Å². The van der Waals surface area contributed by atoms with Gasteiger partial charge in [-0.2, -0.15) is 0 Å². The first-order chi connectivity index (χ1) is 13.1. The Balaban J connectivity index is 1.60. The van der Waals surface area contributed by atoms with Gasteiger partial charge in [0.1, 0.15) is 17.0 Å². The molecule has 1 aromatic carbocycles. The van der Waals surface area contributed by atoms with Crippen molar-refractivity contribution in [2.75, 3.05) is 13.6 Å². The van der Waals surface area contributed by atoms with Crippen LogP contribution in [0.3, 0.4) is 0 Å². The second kappa shape index (κ2) is 7.15. The van der Waals surface area contributed by atoms with Gasteiger partial charge in [-0.1, -0.05) is 6.42 Å². The number of nitrogens with one attached hydrogen (secondary N) is 1. The monoisotopic (exact) mass is 370 g/mol. The van der Waals surface area contributed by atoms with Gasteiger partial charge in [0, 0.05) is 25.9 Å². The van der Waals surface area contributed by atoms with Crippen molar-refractivity contribution >= 4 is 17.0 Å². The second-order valence-electron chi connectivity index (χ2n) is 6.98. The summed E-state index contributed by atoms with van der Waals surface area (Å²) >= 11 is 0. The molecule has 27 heavy (non-hydrogen) atoms. The summed E-state index contributed by atoms with van der Waals surface area (Å²) in [6, 6.07) is 8.46. The van der Waals surface area contributed by atoms with Gasteiger partial charge in [0.05, 0.1) is 12.6 Å². The van der Waals surface area contributed by atoms with E-state index in [9.17, 15) is 9.18 Å². The lowest BCUT2D eigenvalue weighted by Crippen LogP contribution is -2.34. The van der Waals surface area contributed by atoms with Gasteiger partial charge >= 0.3 is 0 Å². The van der Waals surface area contributed by atoms with Crippen LogP contribution in [0.2, 0.25) is 0 Å². The Labute approximate surface area is 157 Å². The van der Waals surface area contributed by atoms with Gasteiger partial charge in [0.15, 0.2) is 5.58 Å². The molecule has 0 radical (unpaired) electrons. The summed E-state index contributed by atoms with van der Waals surface area (Å²) in [5, 5.41) is 2.68. The highest BCUT2D eigenvalue weighted by Crippen LogP contribution is 2.33. The van der Waals surface area contributed by atoms with Crippen LogP contribution in [0.25, 0.3) is 11.1 Å². The first-order valence-corrected chi connectivity index (χ1v) is 9.23. The molecule has 1 aliphatic heterocycles. The van der Waals surface area contributed by atoms with Gasteiger partial charge in [-0.3, -0.25) is 9.69 Å². The van der Waals surface area contributed by atoms with Gasteiger partial charge in [0.25, 0.3) is 5.91 Å². The summed E-state index contributed by atoms with van der Waals surface area (Å²) in [5.41, 5.74) is 2.89. The van der Waals surface area contributed by atoms with Crippen LogP contribution in [0.5, 0.6) is 0 Å². The molecule has 1 saturated heterocycles. The number of rotatable bonds is 4. The van der Waals surface area contributed by atoms with Crippen LogP contribution in [-0.2, 0) is 13.6 Å². The van der Waals surface area contributed by atoms with Crippen molar-refractivity contribution in [2.24, 2.45) is 7.05 Å². The van der Waals surface area contributed by atoms with Crippen LogP contribution in [0.15, 0.2) is 34.7 Å². The fourth-order valence-corrected chi connectivity index (χ4v) is 3.92. The molecule has 3 aromatic rings. The molecule has 6 nitrogen and oxygen atoms in total. The van der Waals surface area contributed by atoms with E-state index in [1.54, 1.807) is 13.1 Å². The second-order valence-corrected chi connectivity index (χ2v) is 6.98. The SMILES string of the molecule is CNC(=O)c1ccc([C@@H]2CCCCN2Cc2nc3cc(F)ccc3o2)n1C. The third kappa shape index (κ3) is 3.35. The van der Waals surface area contributed by atoms with Crippen molar-refractivity contribution < 1.29 is 13.6 Å². The minimum absolute atomic E-state index is 0.0907. The van der Waals surface area contributed by atoms with Crippen molar-refractivity contribution in [3.63, 3.8) is 0 Å². The highest BCUT2D eigenvalue weighted by molar-refractivity contribution is 5.92. The molecule has 0 unspecified atom stereocenters. The molecule has 4 rings (SSSR count). The smallest absolute Gasteiger partial charge is 0.267 e. The molecule has 3 heterocycles. The van der Waals surface area contributed by atoms with Gasteiger partial charge < -0.3 is 14.3 Å². The average molecular weight is 370 g/mol. The number of nitrogens with zero attached hydrogens (tertiary/aromatic N) is 3. The summed E-state index contributed by atoms with van der Waals surface area (Å²) in [6.07, 6.45) is 3.26. The van der Waals surface area contributed by atoms with E-state index in [1.807, 2.05) is 23.7 Å². The minimum atomic E-state index is -0.316. The molecule has 2 aromatic heterocycles. The van der Waals surface area contributed by atoms with Crippen LogP contribution in [0, 0.1) is 5.82 Å². The van der Waals surface area contributed by atoms with Crippen molar-refractivity contribution in [1.29, 1.82) is 0 Å². The molecular formula is C20H23FN4O2. The maximum atomic E-state index is 13.4. The maximum Gasteiger partial charge on any atom is 0.267 e. The number of halogens is 1. The van der Waals surface area contributed by atoms with Crippen LogP contribution < -0.4 is 5.32 Å². The zero-order chi connectivity index (χ0) is 19.0. The van der Waals surface area contributed by atoms with Crippen LogP contribution >= 0.6 is 0 Å². The normalized spacial score (nSPS) is 18.1. The number of carbonyl (C=O) groups is 1. The highest BCUT2D eigenvalue weighted by atomic mass is 19.1. The van der Waals surface area contributed by atoms with E-state index in [0.29, 0.717) is 29.2 Å². The van der Waals surface area contributed by atoms with E-state index in [4.69, 9.17) is 4.42 Å². The van der Waals surface area contributed by atoms with E-state index in [1.165, 1.54) is 12.1 Å². The molecule has 1 N–H and O–H groups in total. The molecule has 0 saturated carbocycles. The van der Waals surface area contributed by atoms with E-state index in [2.05, 4.69) is 15.2 Å². The quantitative estimate of drug-likeness (QED) is 0.765. The summed E-state index contributed by atoms with van der Waals surface area (Å²) < 4.78 is 21.2. The predicted octanol–water partition coefficient (Wildman–Crippen LogP) is 3.39. The van der Waals surface area contributed by atoms with E-state index in [0.717, 1.165) is 31.5 Å². The van der Waals surface area contributed by atoms with Crippen molar-refractivity contribution in [1.82, 2.24) is 19.8 Å². The number of benzene rings is 1. The third-order valence-electron chi connectivity index (χ3n) is 5.31. The Morgan fingerprint density at radius 1 is 1.33 bits per heavy atom. The zero-order valence-corrected chi connectivity index (χ0v) is 15.5. The third-order valence-corrected chi connectivity index (χ3v) is 5.31. The molecular weight excluding hydrogens is 347 g/mol. The lowest BCUT2D eigenvalue weighted by atomic mass is 9.99. The van der Waals surface area contributed by atoms with Crippen molar-refractivity contribution in [3.05, 3.63) is 53.4 Å². The maximum absolute atomic E-state index is 13.4. The number of aromatic nitrogens is 2. The molecule has 1 amide bonds. The zero-order valence-electron chi connectivity index (χ0n) is 15.5. The Bertz CT molecular complexity index is 978. The van der Waals surface area contributed by atoms with E-state index < -0.39 is 0 Å². The highest BCUT2D eigenvalue weighted by Gasteiger charge is 2.28. The number of likely N-dealkylation sites (tertiary alicyclic amines) is 1. The summed E-state index contributed by atoms with van der Waals surface area (Å²) in [4.78, 5) is 18.8. The first kappa shape index (κ1) is 17.7. The van der Waals surface area contributed by atoms with Gasteiger partial charge in [-0.15, -0.1) is 0 Å². The summed E-state index contributed by atoms with van der Waals surface area (Å²) in [6.45, 7) is 1.49. The fourth-order valence-electron chi connectivity index (χ4n) is 3.92. The topological polar surface area (TPSA) is 63.3 Å². The molecule has 1 atom stereocenters. The number of oxazole rings is 1. The fraction of sp³-hybridized carbons (Fsp3) is 0.400. The lowest BCUT2D eigenvalue weighted by Gasteiger charge is -2.35. The van der Waals surface area contributed by atoms with Crippen LogP contribution in [-0.4, -0.2) is 34.0 Å². The summed E-state index contributed by atoms with van der Waals surface area (Å²) in [7, 11) is 3.56. The summed E-state index contributed by atoms with van der Waals surface area (Å²) in [5.74, 6) is 0.180. The number of hydrogen-bond acceptors (Lipinski definition) is 4. The Morgan fingerprint density at radius 2 is 2.19 bits per heavy atom. The number of carbonyl (C=O) groups excluding carboxylic acids is 1. The van der Waals surface area contributed by atoms with E-state index >= 15 is 0 Å². The Morgan fingerprint density at radius 3 is 3.00 bits per heavy atom. The predicted molar refractivity (Wildman–Crippen MR) is 99.8 cm³/mol. The molecule has 0 bridgehead atoms. The van der Waals surface area contributed by atoms with Crippen LogP contribution in [0.1, 0.15) is 47.4 Å². The number of hydrogen-bond donors (Lipinski definition) is 1. The van der Waals surface area contributed by atoms with Gasteiger partial charge in [-0.25, -0.2) is 9.37 Å². The molecule has 0 spiro atoms. The molecule has 1 aliphatic rings. The van der Waals surface area contributed by atoms with Crippen molar-refractivity contribution in [3.8, 4) is 0 Å². The molecule has 7 heteroatoms. The molecule has 0 aliphatic carbocycles. The number of amides is 1. The largest absolute Gasteiger partial charge is 0.439 e.